The molecule has 0 spiro atoms. The number of carboxylic acids is 1. The lowest BCUT2D eigenvalue weighted by atomic mass is 10.1. The van der Waals surface area contributed by atoms with Crippen LogP contribution in [0.15, 0.2) is 15.7 Å². The third-order valence-corrected chi connectivity index (χ3v) is 4.37. The first kappa shape index (κ1) is 36.1. The maximum Gasteiger partial charge on any atom is 0.305 e. The van der Waals surface area contributed by atoms with Gasteiger partial charge in [-0.1, -0.05) is 53.1 Å². The van der Waals surface area contributed by atoms with Crippen LogP contribution in [0.3, 0.4) is 0 Å². The third kappa shape index (κ3) is 28.9. The molecule has 1 heterocycles. The van der Waals surface area contributed by atoms with Crippen LogP contribution >= 0.6 is 35.6 Å². The molecule has 0 bridgehead atoms. The predicted octanol–water partition coefficient (Wildman–Crippen LogP) is 4.53. The van der Waals surface area contributed by atoms with E-state index in [1.54, 1.807) is 14.1 Å². The van der Waals surface area contributed by atoms with Crippen molar-refractivity contribution in [3.05, 3.63) is 16.5 Å². The smallest absolute Gasteiger partial charge is 0.305 e. The summed E-state index contributed by atoms with van der Waals surface area (Å²) in [5.41, 5.74) is 9.84. The van der Waals surface area contributed by atoms with E-state index in [0.717, 1.165) is 15.7 Å². The van der Waals surface area contributed by atoms with Crippen molar-refractivity contribution in [1.82, 2.24) is 4.90 Å². The molecule has 7 nitrogen and oxygen atoms in total. The van der Waals surface area contributed by atoms with Gasteiger partial charge in [-0.15, -0.1) is 24.0 Å². The Balaban J connectivity index is -0.000000159. The number of carboxylic acid groups (broad SMARTS) is 1. The lowest BCUT2D eigenvalue weighted by Crippen LogP contribution is -2.41. The first-order chi connectivity index (χ1) is 13.9. The Hall–Kier alpha value is -1.29. The zero-order chi connectivity index (χ0) is 24.9. The van der Waals surface area contributed by atoms with E-state index in [4.69, 9.17) is 28.2 Å². The van der Waals surface area contributed by atoms with Gasteiger partial charge in [-0.05, 0) is 32.5 Å². The van der Waals surface area contributed by atoms with E-state index in [1.165, 1.54) is 16.2 Å². The predicted molar refractivity (Wildman–Crippen MR) is 131 cm³/mol. The molecule has 0 aliphatic heterocycles. The molecule has 30 heavy (non-hydrogen) atoms. The molecule has 2 amide bonds. The Morgan fingerprint density at radius 2 is 1.63 bits per heavy atom. The van der Waals surface area contributed by atoms with Gasteiger partial charge in [-0.25, -0.2) is 0 Å². The second-order valence-electron chi connectivity index (χ2n) is 5.98. The Kier molecular flexibility index (Phi) is 28.9. The van der Waals surface area contributed by atoms with Crippen LogP contribution in [0.2, 0.25) is 5.02 Å². The number of hydrogen-bond acceptors (Lipinski definition) is 6. The number of halogens is 1. The van der Waals surface area contributed by atoms with E-state index >= 15 is 0 Å². The lowest BCUT2D eigenvalue weighted by Gasteiger charge is -2.18. The van der Waals surface area contributed by atoms with Crippen molar-refractivity contribution >= 4 is 53.4 Å². The molecular formula is C20H40ClN3O4S2. The maximum absolute atomic E-state index is 10.6. The summed E-state index contributed by atoms with van der Waals surface area (Å²) >= 11 is 11.1. The number of amides is 2. The number of carbonyl (C=O) groups excluding carboxylic acids is 2. The largest absolute Gasteiger partial charge is 0.481 e. The minimum absolute atomic E-state index is 0.196. The summed E-state index contributed by atoms with van der Waals surface area (Å²) in [5.74, 6) is -1.25. The van der Waals surface area contributed by atoms with Gasteiger partial charge in [-0.2, -0.15) is 0 Å². The molecule has 0 aliphatic carbocycles. The monoisotopic (exact) mass is 485 g/mol. The summed E-state index contributed by atoms with van der Waals surface area (Å²) < 4.78 is 0.963. The fourth-order valence-electron chi connectivity index (χ4n) is 1.44. The Morgan fingerprint density at radius 3 is 1.73 bits per heavy atom. The van der Waals surface area contributed by atoms with E-state index in [9.17, 15) is 14.4 Å². The third-order valence-electron chi connectivity index (χ3n) is 2.84. The highest BCUT2D eigenvalue weighted by molar-refractivity contribution is 7.82. The summed E-state index contributed by atoms with van der Waals surface area (Å²) in [6.45, 7) is 12.1. The summed E-state index contributed by atoms with van der Waals surface area (Å²) in [6, 6.07) is 1.10. The highest BCUT2D eigenvalue weighted by Gasteiger charge is 2.20. The summed E-state index contributed by atoms with van der Waals surface area (Å²) in [5, 5.41) is 11.0. The van der Waals surface area contributed by atoms with Gasteiger partial charge in [0.25, 0.3) is 0 Å². The first-order valence-corrected chi connectivity index (χ1v) is 11.5. The van der Waals surface area contributed by atoms with Crippen LogP contribution in [0, 0.1) is 5.92 Å². The number of nitrogens with two attached hydrogens (primary N) is 2. The van der Waals surface area contributed by atoms with Gasteiger partial charge in [0.1, 0.15) is 0 Å². The zero-order valence-corrected chi connectivity index (χ0v) is 21.9. The van der Waals surface area contributed by atoms with E-state index in [2.05, 4.69) is 26.5 Å². The van der Waals surface area contributed by atoms with Gasteiger partial charge in [0.2, 0.25) is 11.8 Å². The van der Waals surface area contributed by atoms with Gasteiger partial charge < -0.3 is 16.6 Å². The number of aliphatic carboxylic acids is 1. The normalized spacial score (nSPS) is 10.0. The highest BCUT2D eigenvalue weighted by Crippen LogP contribution is 2.21. The second kappa shape index (κ2) is 24.0. The molecule has 178 valence electrons. The number of carbonyl (C=O) groups is 3. The Bertz CT molecular complexity index is 552. The van der Waals surface area contributed by atoms with Crippen molar-refractivity contribution in [3.8, 4) is 0 Å². The molecule has 10 heteroatoms. The lowest BCUT2D eigenvalue weighted by molar-refractivity contribution is -0.140. The fraction of sp³-hybridized carbons (Fsp3) is 0.650. The Labute approximate surface area is 196 Å². The number of primary amides is 2. The SMILES string of the molecule is CC.CC.CC(C)CCC(N)=O.CN(C)C(CC(=O)O)C(N)=O.Sc1cc(Cl)cs1. The Morgan fingerprint density at radius 1 is 1.17 bits per heavy atom. The minimum atomic E-state index is -1.03. The van der Waals surface area contributed by atoms with Crippen molar-refractivity contribution in [2.75, 3.05) is 14.1 Å². The number of thiophene rings is 1. The van der Waals surface area contributed by atoms with Gasteiger partial charge in [0, 0.05) is 11.8 Å². The van der Waals surface area contributed by atoms with Gasteiger partial charge in [0.05, 0.1) is 21.7 Å². The quantitative estimate of drug-likeness (QED) is 0.422. The van der Waals surface area contributed by atoms with Crippen molar-refractivity contribution in [2.24, 2.45) is 17.4 Å². The molecule has 5 N–H and O–H groups in total. The fourth-order valence-corrected chi connectivity index (χ4v) is 2.61. The van der Waals surface area contributed by atoms with Crippen LogP contribution in [-0.4, -0.2) is 47.9 Å². The van der Waals surface area contributed by atoms with E-state index in [-0.39, 0.29) is 12.3 Å². The van der Waals surface area contributed by atoms with E-state index in [0.29, 0.717) is 12.3 Å². The van der Waals surface area contributed by atoms with Gasteiger partial charge in [0.15, 0.2) is 0 Å². The molecule has 0 fully saturated rings. The van der Waals surface area contributed by atoms with Crippen LogP contribution in [0.4, 0.5) is 0 Å². The summed E-state index contributed by atoms with van der Waals surface area (Å²) in [6.07, 6.45) is 1.19. The first-order valence-electron chi connectivity index (χ1n) is 9.75. The molecule has 1 atom stereocenters. The van der Waals surface area contributed by atoms with Crippen LogP contribution in [0.25, 0.3) is 0 Å². The average Bonchev–Trinajstić information content (AvgIpc) is 3.04. The maximum atomic E-state index is 10.6. The zero-order valence-electron chi connectivity index (χ0n) is 19.4. The topological polar surface area (TPSA) is 127 Å². The molecule has 1 aromatic heterocycles. The molecule has 1 aromatic rings. The molecule has 0 saturated heterocycles. The van der Waals surface area contributed by atoms with Crippen molar-refractivity contribution in [2.45, 2.75) is 71.1 Å². The molecule has 0 aromatic carbocycles. The number of rotatable bonds is 7. The van der Waals surface area contributed by atoms with Crippen LogP contribution in [0.1, 0.15) is 60.8 Å². The minimum Gasteiger partial charge on any atom is -0.481 e. The molecular weight excluding hydrogens is 446 g/mol. The molecule has 0 aliphatic rings. The van der Waals surface area contributed by atoms with E-state index in [1.807, 2.05) is 39.1 Å². The number of thiol groups is 1. The van der Waals surface area contributed by atoms with Crippen LogP contribution in [0.5, 0.6) is 0 Å². The van der Waals surface area contributed by atoms with Crippen molar-refractivity contribution < 1.29 is 19.5 Å². The number of nitrogens with zero attached hydrogens (tertiary/aromatic N) is 1. The van der Waals surface area contributed by atoms with Crippen LogP contribution < -0.4 is 11.5 Å². The molecule has 1 rings (SSSR count). The van der Waals surface area contributed by atoms with Gasteiger partial charge >= 0.3 is 5.97 Å². The van der Waals surface area contributed by atoms with E-state index < -0.39 is 17.9 Å². The summed E-state index contributed by atoms with van der Waals surface area (Å²) in [4.78, 5) is 32.4. The van der Waals surface area contributed by atoms with Crippen LogP contribution in [-0.2, 0) is 14.4 Å². The number of hydrogen-bond donors (Lipinski definition) is 4. The molecule has 0 saturated carbocycles. The second-order valence-corrected chi connectivity index (χ2v) is 8.11. The van der Waals surface area contributed by atoms with Gasteiger partial charge in [-0.3, -0.25) is 19.3 Å². The highest BCUT2D eigenvalue weighted by atomic mass is 35.5. The van der Waals surface area contributed by atoms with Crippen molar-refractivity contribution in [3.63, 3.8) is 0 Å². The standard InChI is InChI=1S/C6H12N2O3.C6H13NO.C4H3ClS2.2C2H6/c1-8(2)4(6(7)11)3-5(9)10;1-5(2)3-4-6(7)8;5-3-1-4(6)7-2-3;2*1-2/h4H,3H2,1-2H3,(H2,7,11)(H,9,10);5H,3-4H2,1-2H3,(H2,7,8);1-2,6H;2*1-2H3. The average molecular weight is 486 g/mol. The van der Waals surface area contributed by atoms with Crippen molar-refractivity contribution in [1.29, 1.82) is 0 Å². The summed E-state index contributed by atoms with van der Waals surface area (Å²) in [7, 11) is 3.22. The molecule has 1 unspecified atom stereocenters. The molecule has 0 radical (unpaired) electrons. The number of likely N-dealkylation sites (N-methyl/N-ethyl adjacent to an activating group) is 1.